The first kappa shape index (κ1) is 27.5. The molecule has 5 amide bonds. The van der Waals surface area contributed by atoms with Crippen molar-refractivity contribution in [2.24, 2.45) is 0 Å². The van der Waals surface area contributed by atoms with E-state index in [9.17, 15) is 23.6 Å². The SMILES string of the molecule is CCOc1cc(/C=C2\C(=O)NC(=O)N(c3ccc(F)cc3)C2=O)c(Br)cc1OCC(=O)Nc1ccc(C)cc1. The molecule has 4 rings (SSSR count). The third kappa shape index (κ3) is 6.50. The monoisotopic (exact) mass is 595 g/mol. The van der Waals surface area contributed by atoms with Crippen LogP contribution in [0.1, 0.15) is 18.1 Å². The Morgan fingerprint density at radius 1 is 1.03 bits per heavy atom. The van der Waals surface area contributed by atoms with Gasteiger partial charge in [0, 0.05) is 10.2 Å². The van der Waals surface area contributed by atoms with Crippen LogP contribution in [0.15, 0.2) is 70.7 Å². The number of nitrogens with one attached hydrogen (secondary N) is 2. The Morgan fingerprint density at radius 3 is 2.36 bits per heavy atom. The average Bonchev–Trinajstić information content (AvgIpc) is 2.89. The van der Waals surface area contributed by atoms with Crippen molar-refractivity contribution in [2.75, 3.05) is 23.4 Å². The van der Waals surface area contributed by atoms with E-state index in [4.69, 9.17) is 9.47 Å². The van der Waals surface area contributed by atoms with Crippen molar-refractivity contribution in [3.8, 4) is 11.5 Å². The molecule has 1 saturated heterocycles. The zero-order valence-electron chi connectivity index (χ0n) is 20.9. The third-order valence-corrected chi connectivity index (χ3v) is 6.23. The van der Waals surface area contributed by atoms with Crippen LogP contribution in [0.5, 0.6) is 11.5 Å². The Labute approximate surface area is 231 Å². The number of hydrogen-bond acceptors (Lipinski definition) is 6. The lowest BCUT2D eigenvalue weighted by atomic mass is 10.1. The molecule has 0 aliphatic carbocycles. The quantitative estimate of drug-likeness (QED) is 0.280. The fourth-order valence-electron chi connectivity index (χ4n) is 3.66. The largest absolute Gasteiger partial charge is 0.490 e. The molecule has 3 aromatic rings. The van der Waals surface area contributed by atoms with E-state index in [-0.39, 0.29) is 41.9 Å². The van der Waals surface area contributed by atoms with Crippen LogP contribution in [-0.2, 0) is 14.4 Å². The minimum Gasteiger partial charge on any atom is -0.490 e. The number of rotatable bonds is 8. The van der Waals surface area contributed by atoms with Crippen molar-refractivity contribution in [1.82, 2.24) is 5.32 Å². The number of imide groups is 2. The van der Waals surface area contributed by atoms with Gasteiger partial charge in [0.2, 0.25) is 0 Å². The van der Waals surface area contributed by atoms with Gasteiger partial charge in [-0.25, -0.2) is 14.1 Å². The highest BCUT2D eigenvalue weighted by Crippen LogP contribution is 2.35. The van der Waals surface area contributed by atoms with Crippen LogP contribution in [0.3, 0.4) is 0 Å². The maximum Gasteiger partial charge on any atom is 0.335 e. The van der Waals surface area contributed by atoms with Crippen LogP contribution in [0.2, 0.25) is 0 Å². The lowest BCUT2D eigenvalue weighted by molar-refractivity contribution is -0.122. The first-order valence-corrected chi connectivity index (χ1v) is 12.6. The molecule has 2 N–H and O–H groups in total. The summed E-state index contributed by atoms with van der Waals surface area (Å²) in [5.74, 6) is -2.16. The Kier molecular flexibility index (Phi) is 8.40. The molecule has 0 aromatic heterocycles. The summed E-state index contributed by atoms with van der Waals surface area (Å²) >= 11 is 3.40. The third-order valence-electron chi connectivity index (χ3n) is 5.54. The predicted molar refractivity (Wildman–Crippen MR) is 146 cm³/mol. The maximum absolute atomic E-state index is 13.3. The van der Waals surface area contributed by atoms with Crippen LogP contribution in [0.25, 0.3) is 6.08 Å². The summed E-state index contributed by atoms with van der Waals surface area (Å²) in [6.45, 7) is 3.68. The number of amides is 5. The van der Waals surface area contributed by atoms with Crippen LogP contribution in [-0.4, -0.2) is 37.0 Å². The summed E-state index contributed by atoms with van der Waals surface area (Å²) in [5.41, 5.74) is 1.84. The van der Waals surface area contributed by atoms with Gasteiger partial charge in [0.1, 0.15) is 11.4 Å². The van der Waals surface area contributed by atoms with Crippen molar-refractivity contribution < 1.29 is 33.0 Å². The summed E-state index contributed by atoms with van der Waals surface area (Å²) in [7, 11) is 0. The van der Waals surface area contributed by atoms with Crippen molar-refractivity contribution in [1.29, 1.82) is 0 Å². The molecule has 9 nitrogen and oxygen atoms in total. The van der Waals surface area contributed by atoms with Gasteiger partial charge in [-0.3, -0.25) is 19.7 Å². The smallest absolute Gasteiger partial charge is 0.335 e. The highest BCUT2D eigenvalue weighted by atomic mass is 79.9. The number of carbonyl (C=O) groups excluding carboxylic acids is 4. The number of anilines is 2. The van der Waals surface area contributed by atoms with Crippen LogP contribution >= 0.6 is 15.9 Å². The summed E-state index contributed by atoms with van der Waals surface area (Å²) < 4.78 is 25.1. The first-order valence-electron chi connectivity index (χ1n) is 11.8. The molecular weight excluding hydrogens is 573 g/mol. The number of urea groups is 1. The fourth-order valence-corrected chi connectivity index (χ4v) is 4.09. The van der Waals surface area contributed by atoms with Crippen LogP contribution in [0.4, 0.5) is 20.6 Å². The second-order valence-electron chi connectivity index (χ2n) is 8.39. The molecule has 0 unspecified atom stereocenters. The zero-order valence-corrected chi connectivity index (χ0v) is 22.5. The minimum absolute atomic E-state index is 0.0963. The molecule has 0 radical (unpaired) electrons. The lowest BCUT2D eigenvalue weighted by Gasteiger charge is -2.26. The van der Waals surface area contributed by atoms with Gasteiger partial charge in [-0.2, -0.15) is 0 Å². The van der Waals surface area contributed by atoms with E-state index in [0.717, 1.165) is 22.6 Å². The number of barbiturate groups is 1. The molecule has 0 atom stereocenters. The molecule has 0 bridgehead atoms. The van der Waals surface area contributed by atoms with Crippen molar-refractivity contribution >= 4 is 57.1 Å². The fraction of sp³-hybridized carbons (Fsp3) is 0.143. The standard InChI is InChI=1S/C28H23BrFN3O6/c1-3-38-23-13-17(22(29)14-24(23)39-15-25(34)31-19-8-4-16(2)5-9-19)12-21-26(35)32-28(37)33(27(21)36)20-10-6-18(30)7-11-20/h4-14H,3,15H2,1-2H3,(H,31,34)(H,32,35,37)/b21-12+. The molecule has 1 aliphatic rings. The van der Waals surface area contributed by atoms with Crippen molar-refractivity contribution in [3.05, 3.63) is 87.7 Å². The normalized spacial score (nSPS) is 14.3. The van der Waals surface area contributed by atoms with E-state index in [1.54, 1.807) is 25.1 Å². The number of hydrogen-bond donors (Lipinski definition) is 2. The number of halogens is 2. The molecule has 1 fully saturated rings. The average molecular weight is 596 g/mol. The predicted octanol–water partition coefficient (Wildman–Crippen LogP) is 4.98. The van der Waals surface area contributed by atoms with Crippen LogP contribution < -0.4 is 25.0 Å². The van der Waals surface area contributed by atoms with E-state index >= 15 is 0 Å². The van der Waals surface area contributed by atoms with E-state index in [2.05, 4.69) is 26.6 Å². The van der Waals surface area contributed by atoms with Gasteiger partial charge < -0.3 is 14.8 Å². The van der Waals surface area contributed by atoms with Gasteiger partial charge in [0.25, 0.3) is 17.7 Å². The van der Waals surface area contributed by atoms with E-state index in [1.807, 2.05) is 19.1 Å². The Morgan fingerprint density at radius 2 is 1.69 bits per heavy atom. The molecule has 39 heavy (non-hydrogen) atoms. The second-order valence-corrected chi connectivity index (χ2v) is 9.24. The molecule has 1 aliphatic heterocycles. The Bertz CT molecular complexity index is 1470. The van der Waals surface area contributed by atoms with Crippen LogP contribution in [0, 0.1) is 12.7 Å². The molecule has 0 spiro atoms. The van der Waals surface area contributed by atoms with Gasteiger partial charge in [0.05, 0.1) is 12.3 Å². The summed E-state index contributed by atoms with van der Waals surface area (Å²) in [6.07, 6.45) is 1.29. The lowest BCUT2D eigenvalue weighted by Crippen LogP contribution is -2.54. The highest BCUT2D eigenvalue weighted by Gasteiger charge is 2.37. The minimum atomic E-state index is -0.949. The van der Waals surface area contributed by atoms with Gasteiger partial charge in [0.15, 0.2) is 18.1 Å². The Balaban J connectivity index is 1.57. The molecule has 1 heterocycles. The number of nitrogens with zero attached hydrogens (tertiary/aromatic N) is 1. The number of ether oxygens (including phenoxy) is 2. The molecule has 11 heteroatoms. The van der Waals surface area contributed by atoms with E-state index in [1.165, 1.54) is 24.3 Å². The summed E-state index contributed by atoms with van der Waals surface area (Å²) in [6, 6.07) is 14.2. The molecule has 0 saturated carbocycles. The second kappa shape index (κ2) is 11.9. The van der Waals surface area contributed by atoms with Gasteiger partial charge in [-0.05, 0) is 74.0 Å². The van der Waals surface area contributed by atoms with Gasteiger partial charge in [-0.15, -0.1) is 0 Å². The van der Waals surface area contributed by atoms with Crippen molar-refractivity contribution in [3.63, 3.8) is 0 Å². The first-order chi connectivity index (χ1) is 18.7. The number of carbonyl (C=O) groups is 4. The summed E-state index contributed by atoms with van der Waals surface area (Å²) in [4.78, 5) is 51.2. The van der Waals surface area contributed by atoms with Gasteiger partial charge >= 0.3 is 6.03 Å². The van der Waals surface area contributed by atoms with Crippen molar-refractivity contribution in [2.45, 2.75) is 13.8 Å². The molecule has 3 aromatic carbocycles. The van der Waals surface area contributed by atoms with Gasteiger partial charge in [-0.1, -0.05) is 33.6 Å². The van der Waals surface area contributed by atoms with E-state index < -0.39 is 23.7 Å². The highest BCUT2D eigenvalue weighted by molar-refractivity contribution is 9.10. The number of aryl methyl sites for hydroxylation is 1. The number of benzene rings is 3. The Hall–Kier alpha value is -4.51. The van der Waals surface area contributed by atoms with E-state index in [0.29, 0.717) is 15.7 Å². The summed E-state index contributed by atoms with van der Waals surface area (Å²) in [5, 5.41) is 4.86. The molecular formula is C28H23BrFN3O6. The molecule has 200 valence electrons. The maximum atomic E-state index is 13.3. The zero-order chi connectivity index (χ0) is 28.1. The topological polar surface area (TPSA) is 114 Å².